The molecule has 1 aromatic carbocycles. The summed E-state index contributed by atoms with van der Waals surface area (Å²) in [5.41, 5.74) is 13.0. The molecule has 0 aliphatic rings. The van der Waals surface area contributed by atoms with Crippen LogP contribution in [0.5, 0.6) is 0 Å². The Morgan fingerprint density at radius 2 is 1.80 bits per heavy atom. The maximum Gasteiger partial charge on any atom is 0.324 e. The lowest BCUT2D eigenvalue weighted by Crippen LogP contribution is -2.41. The van der Waals surface area contributed by atoms with Crippen molar-refractivity contribution in [2.45, 2.75) is 58.1 Å². The molecular formula is C16H26N2O2. The molecule has 0 aromatic heterocycles. The van der Waals surface area contributed by atoms with Crippen molar-refractivity contribution < 1.29 is 9.53 Å². The van der Waals surface area contributed by atoms with Gasteiger partial charge in [-0.1, -0.05) is 25.5 Å². The van der Waals surface area contributed by atoms with Crippen LogP contribution in [-0.4, -0.2) is 17.6 Å². The van der Waals surface area contributed by atoms with Crippen LogP contribution >= 0.6 is 0 Å². The van der Waals surface area contributed by atoms with E-state index in [1.807, 2.05) is 45.0 Å². The van der Waals surface area contributed by atoms with E-state index in [0.29, 0.717) is 5.69 Å². The monoisotopic (exact) mass is 278 g/mol. The van der Waals surface area contributed by atoms with Gasteiger partial charge in [0, 0.05) is 11.6 Å². The highest BCUT2D eigenvalue weighted by Crippen LogP contribution is 2.26. The first-order valence-electron chi connectivity index (χ1n) is 7.08. The van der Waals surface area contributed by atoms with E-state index in [-0.39, 0.29) is 11.9 Å². The second-order valence-electron chi connectivity index (χ2n) is 6.12. The molecule has 0 saturated heterocycles. The fourth-order valence-corrected chi connectivity index (χ4v) is 2.14. The Balaban J connectivity index is 2.90. The molecule has 4 N–H and O–H groups in total. The van der Waals surface area contributed by atoms with Crippen LogP contribution < -0.4 is 11.5 Å². The molecule has 0 radical (unpaired) electrons. The van der Waals surface area contributed by atoms with Crippen LogP contribution in [0.3, 0.4) is 0 Å². The smallest absolute Gasteiger partial charge is 0.324 e. The number of rotatable bonds is 5. The molecule has 1 aromatic rings. The van der Waals surface area contributed by atoms with Gasteiger partial charge in [0.1, 0.15) is 11.6 Å². The summed E-state index contributed by atoms with van der Waals surface area (Å²) in [6.07, 6.45) is 1.79. The van der Waals surface area contributed by atoms with Crippen molar-refractivity contribution >= 4 is 11.7 Å². The Bertz CT molecular complexity index is 435. The first-order chi connectivity index (χ1) is 9.24. The molecule has 0 heterocycles. The Labute approximate surface area is 121 Å². The van der Waals surface area contributed by atoms with Gasteiger partial charge in [-0.2, -0.15) is 0 Å². The highest BCUT2D eigenvalue weighted by molar-refractivity contribution is 5.77. The Morgan fingerprint density at radius 1 is 1.25 bits per heavy atom. The highest BCUT2D eigenvalue weighted by Gasteiger charge is 2.29. The standard InChI is InChI=1S/C16H26N2O2/c1-5-6-13(11-7-9-12(17)10-8-11)14(18)15(19)20-16(2,3)4/h7-10,13-14H,5-6,17-18H2,1-4H3. The van der Waals surface area contributed by atoms with Crippen molar-refractivity contribution in [2.75, 3.05) is 5.73 Å². The Hall–Kier alpha value is -1.55. The fourth-order valence-electron chi connectivity index (χ4n) is 2.14. The summed E-state index contributed by atoms with van der Waals surface area (Å²) in [5.74, 6) is -0.400. The van der Waals surface area contributed by atoms with Crippen molar-refractivity contribution in [1.29, 1.82) is 0 Å². The van der Waals surface area contributed by atoms with E-state index in [2.05, 4.69) is 6.92 Å². The molecule has 1 rings (SSSR count). The minimum Gasteiger partial charge on any atom is -0.459 e. The van der Waals surface area contributed by atoms with Crippen molar-refractivity contribution in [3.63, 3.8) is 0 Å². The van der Waals surface area contributed by atoms with Crippen molar-refractivity contribution in [3.05, 3.63) is 29.8 Å². The maximum absolute atomic E-state index is 12.1. The zero-order valence-corrected chi connectivity index (χ0v) is 12.8. The number of nitrogen functional groups attached to an aromatic ring is 1. The summed E-state index contributed by atoms with van der Waals surface area (Å²) in [7, 11) is 0. The van der Waals surface area contributed by atoms with Gasteiger partial charge in [0.15, 0.2) is 0 Å². The predicted molar refractivity (Wildman–Crippen MR) is 82.3 cm³/mol. The third-order valence-electron chi connectivity index (χ3n) is 3.08. The Kier molecular flexibility index (Phi) is 5.57. The summed E-state index contributed by atoms with van der Waals surface area (Å²) < 4.78 is 5.38. The number of esters is 1. The molecule has 0 bridgehead atoms. The van der Waals surface area contributed by atoms with Gasteiger partial charge < -0.3 is 16.2 Å². The van der Waals surface area contributed by atoms with Crippen LogP contribution in [0.25, 0.3) is 0 Å². The molecule has 0 saturated carbocycles. The lowest BCUT2D eigenvalue weighted by molar-refractivity contribution is -0.157. The number of carbonyl (C=O) groups excluding carboxylic acids is 1. The van der Waals surface area contributed by atoms with E-state index < -0.39 is 11.6 Å². The van der Waals surface area contributed by atoms with E-state index in [0.717, 1.165) is 18.4 Å². The van der Waals surface area contributed by atoms with E-state index >= 15 is 0 Å². The van der Waals surface area contributed by atoms with Crippen molar-refractivity contribution in [2.24, 2.45) is 5.73 Å². The molecule has 0 spiro atoms. The van der Waals surface area contributed by atoms with Crippen LogP contribution in [-0.2, 0) is 9.53 Å². The number of nitrogens with two attached hydrogens (primary N) is 2. The maximum atomic E-state index is 12.1. The summed E-state index contributed by atoms with van der Waals surface area (Å²) >= 11 is 0. The van der Waals surface area contributed by atoms with Gasteiger partial charge in [0.05, 0.1) is 0 Å². The Morgan fingerprint density at radius 3 is 2.25 bits per heavy atom. The van der Waals surface area contributed by atoms with Gasteiger partial charge in [0.2, 0.25) is 0 Å². The average Bonchev–Trinajstić information content (AvgIpc) is 2.34. The van der Waals surface area contributed by atoms with Crippen LogP contribution in [0.15, 0.2) is 24.3 Å². The van der Waals surface area contributed by atoms with Crippen LogP contribution in [0.2, 0.25) is 0 Å². The second-order valence-corrected chi connectivity index (χ2v) is 6.12. The van der Waals surface area contributed by atoms with Gasteiger partial charge in [-0.3, -0.25) is 4.79 Å². The summed E-state index contributed by atoms with van der Waals surface area (Å²) in [6, 6.07) is 6.87. The fraction of sp³-hybridized carbons (Fsp3) is 0.562. The van der Waals surface area contributed by atoms with Gasteiger partial charge in [-0.25, -0.2) is 0 Å². The second kappa shape index (κ2) is 6.75. The third-order valence-corrected chi connectivity index (χ3v) is 3.08. The first-order valence-corrected chi connectivity index (χ1v) is 7.08. The molecule has 20 heavy (non-hydrogen) atoms. The third kappa shape index (κ3) is 4.85. The lowest BCUT2D eigenvalue weighted by atomic mass is 9.88. The number of anilines is 1. The largest absolute Gasteiger partial charge is 0.459 e. The number of carbonyl (C=O) groups is 1. The molecule has 112 valence electrons. The number of hydrogen-bond acceptors (Lipinski definition) is 4. The van der Waals surface area contributed by atoms with Gasteiger partial charge in [0.25, 0.3) is 0 Å². The molecule has 0 fully saturated rings. The molecule has 0 aliphatic heterocycles. The van der Waals surface area contributed by atoms with Gasteiger partial charge in [-0.05, 0) is 44.9 Å². The van der Waals surface area contributed by atoms with E-state index in [1.165, 1.54) is 0 Å². The molecule has 0 aliphatic carbocycles. The molecule has 2 unspecified atom stereocenters. The highest BCUT2D eigenvalue weighted by atomic mass is 16.6. The molecule has 2 atom stereocenters. The number of ether oxygens (including phenoxy) is 1. The van der Waals surface area contributed by atoms with Crippen molar-refractivity contribution in [3.8, 4) is 0 Å². The van der Waals surface area contributed by atoms with E-state index in [9.17, 15) is 4.79 Å². The van der Waals surface area contributed by atoms with Crippen LogP contribution in [0, 0.1) is 0 Å². The SMILES string of the molecule is CCCC(c1ccc(N)cc1)C(N)C(=O)OC(C)(C)C. The zero-order valence-electron chi connectivity index (χ0n) is 12.8. The summed E-state index contributed by atoms with van der Waals surface area (Å²) in [4.78, 5) is 12.1. The number of hydrogen-bond donors (Lipinski definition) is 2. The predicted octanol–water partition coefficient (Wildman–Crippen LogP) is 2.82. The molecular weight excluding hydrogens is 252 g/mol. The average molecular weight is 278 g/mol. The van der Waals surface area contributed by atoms with E-state index in [1.54, 1.807) is 0 Å². The van der Waals surface area contributed by atoms with Gasteiger partial charge in [-0.15, -0.1) is 0 Å². The van der Waals surface area contributed by atoms with E-state index in [4.69, 9.17) is 16.2 Å². The minimum absolute atomic E-state index is 0.0459. The normalized spacial score (nSPS) is 14.7. The molecule has 0 amide bonds. The zero-order chi connectivity index (χ0) is 15.3. The molecule has 4 nitrogen and oxygen atoms in total. The first kappa shape index (κ1) is 16.5. The quantitative estimate of drug-likeness (QED) is 0.641. The minimum atomic E-state index is -0.655. The number of benzene rings is 1. The molecule has 4 heteroatoms. The van der Waals surface area contributed by atoms with Crippen molar-refractivity contribution in [1.82, 2.24) is 0 Å². The van der Waals surface area contributed by atoms with Crippen LogP contribution in [0.1, 0.15) is 52.0 Å². The lowest BCUT2D eigenvalue weighted by Gasteiger charge is -2.27. The summed E-state index contributed by atoms with van der Waals surface area (Å²) in [5, 5.41) is 0. The van der Waals surface area contributed by atoms with Crippen LogP contribution in [0.4, 0.5) is 5.69 Å². The summed E-state index contributed by atoms with van der Waals surface area (Å²) in [6.45, 7) is 7.60. The topological polar surface area (TPSA) is 78.3 Å². The van der Waals surface area contributed by atoms with Gasteiger partial charge >= 0.3 is 5.97 Å².